The molecular weight excluding hydrogens is 381 g/mol. The number of esters is 1. The van der Waals surface area contributed by atoms with E-state index in [2.05, 4.69) is 22.6 Å². The fourth-order valence-electron chi connectivity index (χ4n) is 1.97. The van der Waals surface area contributed by atoms with Crippen molar-refractivity contribution in [1.29, 1.82) is 0 Å². The van der Waals surface area contributed by atoms with Gasteiger partial charge in [0.2, 0.25) is 6.43 Å². The predicted octanol–water partition coefficient (Wildman–Crippen LogP) is 3.65. The molecule has 1 aliphatic rings. The maximum absolute atomic E-state index is 12.5. The minimum atomic E-state index is -2.50. The van der Waals surface area contributed by atoms with Crippen molar-refractivity contribution in [2.24, 2.45) is 0 Å². The lowest BCUT2D eigenvalue weighted by Gasteiger charge is -2.24. The molecule has 0 aliphatic carbocycles. The number of carbonyl (C=O) groups is 1. The number of ether oxygens (including phenoxy) is 2. The first-order valence-corrected chi connectivity index (χ1v) is 7.22. The number of benzene rings is 1. The molecule has 2 rings (SSSR count). The highest BCUT2D eigenvalue weighted by molar-refractivity contribution is 14.1. The largest absolute Gasteiger partial charge is 0.485 e. The molecule has 0 radical (unpaired) electrons. The number of fused-ring (bicyclic) bond motifs is 1. The first kappa shape index (κ1) is 15.2. The summed E-state index contributed by atoms with van der Waals surface area (Å²) in [5.41, 5.74) is 0.873. The van der Waals surface area contributed by atoms with Crippen LogP contribution < -0.4 is 4.74 Å². The quantitative estimate of drug-likeness (QED) is 0.578. The van der Waals surface area contributed by atoms with Crippen molar-refractivity contribution >= 4 is 34.1 Å². The van der Waals surface area contributed by atoms with Crippen molar-refractivity contribution < 1.29 is 23.0 Å². The van der Waals surface area contributed by atoms with E-state index in [4.69, 9.17) is 9.47 Å². The van der Waals surface area contributed by atoms with Gasteiger partial charge in [0.15, 0.2) is 0 Å². The van der Waals surface area contributed by atoms with Gasteiger partial charge < -0.3 is 9.47 Å². The number of hydrogen-bond donors (Lipinski definition) is 0. The third-order valence-electron chi connectivity index (χ3n) is 2.77. The molecule has 20 heavy (non-hydrogen) atoms. The fourth-order valence-corrected chi connectivity index (χ4v) is 2.46. The van der Waals surface area contributed by atoms with Gasteiger partial charge in [-0.3, -0.25) is 0 Å². The van der Waals surface area contributed by atoms with Gasteiger partial charge in [-0.1, -0.05) is 0 Å². The van der Waals surface area contributed by atoms with Crippen molar-refractivity contribution in [3.05, 3.63) is 33.4 Å². The average Bonchev–Trinajstić information content (AvgIpc) is 2.38. The minimum absolute atomic E-state index is 0.232. The van der Waals surface area contributed by atoms with Crippen LogP contribution in [0, 0.1) is 3.57 Å². The molecule has 0 saturated carbocycles. The highest BCUT2D eigenvalue weighted by Gasteiger charge is 2.27. The zero-order valence-corrected chi connectivity index (χ0v) is 12.9. The van der Waals surface area contributed by atoms with Crippen LogP contribution in [0.4, 0.5) is 8.78 Å². The van der Waals surface area contributed by atoms with Crippen LogP contribution in [0.15, 0.2) is 24.3 Å². The molecule has 0 aromatic heterocycles. The van der Waals surface area contributed by atoms with Crippen LogP contribution in [0.1, 0.15) is 18.9 Å². The number of alkyl halides is 2. The Morgan fingerprint density at radius 3 is 2.90 bits per heavy atom. The second-order valence-electron chi connectivity index (χ2n) is 4.22. The molecule has 1 atom stereocenters. The summed E-state index contributed by atoms with van der Waals surface area (Å²) in [5, 5.41) is 0. The summed E-state index contributed by atoms with van der Waals surface area (Å²) in [4.78, 5) is 12.0. The van der Waals surface area contributed by atoms with Gasteiger partial charge in [0, 0.05) is 15.6 Å². The monoisotopic (exact) mass is 394 g/mol. The molecule has 0 N–H and O–H groups in total. The van der Waals surface area contributed by atoms with Crippen molar-refractivity contribution in [2.45, 2.75) is 25.9 Å². The second-order valence-corrected chi connectivity index (χ2v) is 5.47. The number of hydrogen-bond acceptors (Lipinski definition) is 3. The topological polar surface area (TPSA) is 35.5 Å². The highest BCUT2D eigenvalue weighted by Crippen LogP contribution is 2.35. The first-order chi connectivity index (χ1) is 9.51. The molecule has 1 heterocycles. The van der Waals surface area contributed by atoms with Gasteiger partial charge in [-0.05, 0) is 53.8 Å². The molecule has 1 aromatic rings. The lowest BCUT2D eigenvalue weighted by Crippen LogP contribution is -2.24. The molecule has 1 aliphatic heterocycles. The molecule has 3 nitrogen and oxygen atoms in total. The fraction of sp³-hybridized carbons (Fsp3) is 0.357. The van der Waals surface area contributed by atoms with Crippen LogP contribution in [0.25, 0.3) is 5.57 Å². The Morgan fingerprint density at radius 1 is 1.50 bits per heavy atom. The van der Waals surface area contributed by atoms with Crippen molar-refractivity contribution in [2.75, 3.05) is 6.61 Å². The van der Waals surface area contributed by atoms with E-state index in [0.29, 0.717) is 11.3 Å². The number of rotatable bonds is 4. The predicted molar refractivity (Wildman–Crippen MR) is 78.8 cm³/mol. The Kier molecular flexibility index (Phi) is 4.95. The van der Waals surface area contributed by atoms with E-state index >= 15 is 0 Å². The molecule has 108 valence electrons. The third kappa shape index (κ3) is 3.47. The zero-order valence-electron chi connectivity index (χ0n) is 10.7. The van der Waals surface area contributed by atoms with Crippen LogP contribution in [0.2, 0.25) is 0 Å². The van der Waals surface area contributed by atoms with E-state index in [9.17, 15) is 13.6 Å². The molecule has 1 aromatic carbocycles. The number of carbonyl (C=O) groups excluding carboxylic acids is 1. The standard InChI is InChI=1S/C14H13F2IO3/c1-2-19-14(18)11-6-9(7-13(15)16)20-12-4-3-8(17)5-10(11)12/h3-6,9,13H,2,7H2,1H3. The summed E-state index contributed by atoms with van der Waals surface area (Å²) in [5.74, 6) is -0.0834. The Balaban J connectivity index is 2.38. The molecule has 0 spiro atoms. The van der Waals surface area contributed by atoms with E-state index in [0.717, 1.165) is 3.57 Å². The molecule has 0 saturated heterocycles. The van der Waals surface area contributed by atoms with Crippen molar-refractivity contribution in [1.82, 2.24) is 0 Å². The number of halogens is 3. The van der Waals surface area contributed by atoms with Gasteiger partial charge >= 0.3 is 5.97 Å². The lowest BCUT2D eigenvalue weighted by atomic mass is 9.99. The zero-order chi connectivity index (χ0) is 14.7. The van der Waals surface area contributed by atoms with E-state index in [1.165, 1.54) is 6.08 Å². The molecule has 0 fully saturated rings. The van der Waals surface area contributed by atoms with Gasteiger partial charge in [-0.2, -0.15) is 0 Å². The Morgan fingerprint density at radius 2 is 2.25 bits per heavy atom. The molecule has 0 bridgehead atoms. The normalized spacial score (nSPS) is 17.2. The SMILES string of the molecule is CCOC(=O)C1=CC(CC(F)F)Oc2ccc(I)cc21. The Hall–Kier alpha value is -1.18. The van der Waals surface area contributed by atoms with Crippen molar-refractivity contribution in [3.8, 4) is 5.75 Å². The second kappa shape index (κ2) is 6.51. The summed E-state index contributed by atoms with van der Waals surface area (Å²) in [6.45, 7) is 1.93. The molecular formula is C14H13F2IO3. The van der Waals surface area contributed by atoms with Gasteiger partial charge in [-0.15, -0.1) is 0 Å². The van der Waals surface area contributed by atoms with Crippen LogP contribution in [0.3, 0.4) is 0 Å². The van der Waals surface area contributed by atoms with E-state index in [1.54, 1.807) is 25.1 Å². The van der Waals surface area contributed by atoms with Gasteiger partial charge in [0.1, 0.15) is 11.9 Å². The van der Waals surface area contributed by atoms with E-state index in [1.807, 2.05) is 0 Å². The Bertz CT molecular complexity index is 543. The lowest BCUT2D eigenvalue weighted by molar-refractivity contribution is -0.136. The summed E-state index contributed by atoms with van der Waals surface area (Å²) in [6.07, 6.45) is -2.34. The average molecular weight is 394 g/mol. The highest BCUT2D eigenvalue weighted by atomic mass is 127. The summed E-state index contributed by atoms with van der Waals surface area (Å²) >= 11 is 2.11. The van der Waals surface area contributed by atoms with Crippen LogP contribution in [-0.4, -0.2) is 25.1 Å². The van der Waals surface area contributed by atoms with Gasteiger partial charge in [0.05, 0.1) is 12.2 Å². The summed E-state index contributed by atoms with van der Waals surface area (Å²) in [6, 6.07) is 5.26. The van der Waals surface area contributed by atoms with E-state index in [-0.39, 0.29) is 12.2 Å². The summed E-state index contributed by atoms with van der Waals surface area (Å²) < 4.78 is 36.4. The smallest absolute Gasteiger partial charge is 0.338 e. The maximum Gasteiger partial charge on any atom is 0.338 e. The van der Waals surface area contributed by atoms with Crippen LogP contribution >= 0.6 is 22.6 Å². The maximum atomic E-state index is 12.5. The molecule has 6 heteroatoms. The minimum Gasteiger partial charge on any atom is -0.485 e. The van der Waals surface area contributed by atoms with Crippen LogP contribution in [0.5, 0.6) is 5.75 Å². The van der Waals surface area contributed by atoms with Crippen molar-refractivity contribution in [3.63, 3.8) is 0 Å². The Labute approximate surface area is 129 Å². The molecule has 0 amide bonds. The summed E-state index contributed by atoms with van der Waals surface area (Å²) in [7, 11) is 0. The molecule has 1 unspecified atom stereocenters. The first-order valence-electron chi connectivity index (χ1n) is 6.15. The van der Waals surface area contributed by atoms with Gasteiger partial charge in [-0.25, -0.2) is 13.6 Å². The third-order valence-corrected chi connectivity index (χ3v) is 3.44. The van der Waals surface area contributed by atoms with Crippen LogP contribution in [-0.2, 0) is 9.53 Å². The van der Waals surface area contributed by atoms with E-state index < -0.39 is 24.9 Å². The van der Waals surface area contributed by atoms with Gasteiger partial charge in [0.25, 0.3) is 0 Å².